The first-order valence-electron chi connectivity index (χ1n) is 5.46. The molecule has 0 aromatic carbocycles. The van der Waals surface area contributed by atoms with Crippen LogP contribution in [0.15, 0.2) is 23.4 Å². The first kappa shape index (κ1) is 12.6. The normalized spacial score (nSPS) is 16.2. The Balaban J connectivity index is 2.95. The van der Waals surface area contributed by atoms with Crippen LogP contribution in [0.3, 0.4) is 0 Å². The summed E-state index contributed by atoms with van der Waals surface area (Å²) in [5.41, 5.74) is 0. The summed E-state index contributed by atoms with van der Waals surface area (Å²) in [5.74, 6) is 0. The molecule has 4 heteroatoms. The Labute approximate surface area is 93.7 Å². The molecule has 0 aromatic rings. The molecule has 0 saturated heterocycles. The van der Waals surface area contributed by atoms with Gasteiger partial charge >= 0.3 is 8.72 Å². The largest absolute Gasteiger partial charge is 0.458 e. The van der Waals surface area contributed by atoms with E-state index in [1.807, 2.05) is 0 Å². The summed E-state index contributed by atoms with van der Waals surface area (Å²) >= 11 is 0. The molecule has 0 aromatic heterocycles. The van der Waals surface area contributed by atoms with Crippen LogP contribution in [0.5, 0.6) is 0 Å². The maximum Gasteiger partial charge on any atom is 0.458 e. The van der Waals surface area contributed by atoms with Crippen molar-refractivity contribution in [1.82, 2.24) is 4.57 Å². The Morgan fingerprint density at radius 3 is 2.20 bits per heavy atom. The van der Waals surface area contributed by atoms with Gasteiger partial charge < -0.3 is 8.85 Å². The van der Waals surface area contributed by atoms with Gasteiger partial charge in [0.15, 0.2) is 0 Å². The van der Waals surface area contributed by atoms with Gasteiger partial charge in [-0.1, -0.05) is 32.1 Å². The van der Waals surface area contributed by atoms with Crippen LogP contribution < -0.4 is 0 Å². The van der Waals surface area contributed by atoms with E-state index in [1.165, 1.54) is 5.20 Å². The molecular formula is C11H21NO2Si. The quantitative estimate of drug-likeness (QED) is 0.648. The number of nitrogens with zero attached hydrogens (tertiary/aromatic N) is 1. The van der Waals surface area contributed by atoms with Gasteiger partial charge in [-0.3, -0.25) is 4.57 Å². The van der Waals surface area contributed by atoms with E-state index in [-0.39, 0.29) is 0 Å². The van der Waals surface area contributed by atoms with Crippen LogP contribution in [-0.2, 0) is 8.85 Å². The lowest BCUT2D eigenvalue weighted by molar-refractivity contribution is 0.177. The van der Waals surface area contributed by atoms with Crippen LogP contribution in [0.2, 0.25) is 0 Å². The Morgan fingerprint density at radius 2 is 1.87 bits per heavy atom. The second kappa shape index (κ2) is 5.60. The Hall–Kier alpha value is -0.423. The Morgan fingerprint density at radius 1 is 1.27 bits per heavy atom. The topological polar surface area (TPSA) is 21.7 Å². The summed E-state index contributed by atoms with van der Waals surface area (Å²) < 4.78 is 13.8. The number of allylic oxidation sites excluding steroid dienone is 4. The fourth-order valence-corrected chi connectivity index (χ4v) is 5.26. The van der Waals surface area contributed by atoms with E-state index in [4.69, 9.17) is 8.85 Å². The molecule has 1 rings (SSSR count). The van der Waals surface area contributed by atoms with Gasteiger partial charge in [-0.15, -0.1) is 0 Å². The number of rotatable bonds is 6. The van der Waals surface area contributed by atoms with E-state index in [0.29, 0.717) is 0 Å². The molecule has 0 N–H and O–H groups in total. The average Bonchev–Trinajstić information content (AvgIpc) is 2.80. The van der Waals surface area contributed by atoms with Gasteiger partial charge in [-0.05, 0) is 24.7 Å². The Kier molecular flexibility index (Phi) is 4.72. The third kappa shape index (κ3) is 2.23. The minimum absolute atomic E-state index is 0.960. The zero-order chi connectivity index (χ0) is 11.3. The summed E-state index contributed by atoms with van der Waals surface area (Å²) in [4.78, 5) is 0. The average molecular weight is 227 g/mol. The van der Waals surface area contributed by atoms with Crippen molar-refractivity contribution in [2.24, 2.45) is 0 Å². The van der Waals surface area contributed by atoms with E-state index in [1.54, 1.807) is 14.2 Å². The third-order valence-electron chi connectivity index (χ3n) is 2.91. The smallest absolute Gasteiger partial charge is 0.383 e. The molecule has 0 atom stereocenters. The molecule has 15 heavy (non-hydrogen) atoms. The van der Waals surface area contributed by atoms with Gasteiger partial charge in [0.05, 0.1) is 0 Å². The molecule has 0 aliphatic heterocycles. The molecule has 1 aliphatic carbocycles. The fraction of sp³-hybridized carbons (Fsp3) is 0.636. The first-order chi connectivity index (χ1) is 7.25. The van der Waals surface area contributed by atoms with E-state index in [9.17, 15) is 0 Å². The molecule has 0 bridgehead atoms. The lowest BCUT2D eigenvalue weighted by Gasteiger charge is -2.37. The fourth-order valence-electron chi connectivity index (χ4n) is 2.13. The van der Waals surface area contributed by atoms with Crippen molar-refractivity contribution in [3.05, 3.63) is 23.4 Å². The zero-order valence-electron chi connectivity index (χ0n) is 10.1. The van der Waals surface area contributed by atoms with Gasteiger partial charge in [0.2, 0.25) is 0 Å². The van der Waals surface area contributed by atoms with Crippen LogP contribution in [0.4, 0.5) is 0 Å². The maximum absolute atomic E-state index is 5.75. The molecule has 0 spiro atoms. The zero-order valence-corrected chi connectivity index (χ0v) is 11.1. The van der Waals surface area contributed by atoms with E-state index >= 15 is 0 Å². The lowest BCUT2D eigenvalue weighted by atomic mass is 10.5. The van der Waals surface area contributed by atoms with Crippen molar-refractivity contribution >= 4 is 8.72 Å². The molecule has 0 amide bonds. The van der Waals surface area contributed by atoms with Crippen molar-refractivity contribution in [3.63, 3.8) is 0 Å². The molecule has 0 fully saturated rings. The molecular weight excluding hydrogens is 206 g/mol. The van der Waals surface area contributed by atoms with Crippen LogP contribution in [0, 0.1) is 0 Å². The molecule has 3 nitrogen and oxygen atoms in total. The molecule has 0 saturated carbocycles. The van der Waals surface area contributed by atoms with Crippen molar-refractivity contribution in [1.29, 1.82) is 0 Å². The summed E-state index contributed by atoms with van der Waals surface area (Å²) in [5, 5.41) is 1.30. The first-order valence-corrected chi connectivity index (χ1v) is 7.23. The van der Waals surface area contributed by atoms with Crippen LogP contribution in [0.25, 0.3) is 0 Å². The SMILES string of the molecule is CCN(CC)[Si](OC)(OC)C1=CC=CC1. The predicted octanol–water partition coefficient (Wildman–Crippen LogP) is 1.99. The summed E-state index contributed by atoms with van der Waals surface area (Å²) in [7, 11) is 1.21. The standard InChI is InChI=1S/C11H21NO2Si/c1-5-12(6-2)15(13-3,14-4)11-9-7-8-10-11/h7-9H,5-6,10H2,1-4H3. The van der Waals surface area contributed by atoms with E-state index < -0.39 is 8.72 Å². The summed E-state index contributed by atoms with van der Waals surface area (Å²) in [6, 6.07) is 0. The highest BCUT2D eigenvalue weighted by Gasteiger charge is 2.46. The highest BCUT2D eigenvalue weighted by atomic mass is 28.4. The monoisotopic (exact) mass is 227 g/mol. The third-order valence-corrected chi connectivity index (χ3v) is 6.66. The minimum Gasteiger partial charge on any atom is -0.383 e. The van der Waals surface area contributed by atoms with Crippen molar-refractivity contribution < 1.29 is 8.85 Å². The predicted molar refractivity (Wildman–Crippen MR) is 64.5 cm³/mol. The maximum atomic E-state index is 5.75. The highest BCUT2D eigenvalue weighted by molar-refractivity contribution is 6.72. The second-order valence-corrected chi connectivity index (χ2v) is 6.74. The molecule has 0 heterocycles. The van der Waals surface area contributed by atoms with Gasteiger partial charge in [0, 0.05) is 14.2 Å². The Bertz CT molecular complexity index is 255. The van der Waals surface area contributed by atoms with Gasteiger partial charge in [0.1, 0.15) is 0 Å². The van der Waals surface area contributed by atoms with Crippen molar-refractivity contribution in [2.45, 2.75) is 20.3 Å². The van der Waals surface area contributed by atoms with Crippen molar-refractivity contribution in [3.8, 4) is 0 Å². The molecule has 1 aliphatic rings. The van der Waals surface area contributed by atoms with Gasteiger partial charge in [0.25, 0.3) is 0 Å². The van der Waals surface area contributed by atoms with Crippen molar-refractivity contribution in [2.75, 3.05) is 27.3 Å². The molecule has 0 unspecified atom stereocenters. The molecule has 0 radical (unpaired) electrons. The number of hydrogen-bond acceptors (Lipinski definition) is 3. The highest BCUT2D eigenvalue weighted by Crippen LogP contribution is 2.27. The van der Waals surface area contributed by atoms with Gasteiger partial charge in [-0.25, -0.2) is 0 Å². The van der Waals surface area contributed by atoms with E-state index in [2.05, 4.69) is 36.6 Å². The van der Waals surface area contributed by atoms with Gasteiger partial charge in [-0.2, -0.15) is 0 Å². The van der Waals surface area contributed by atoms with E-state index in [0.717, 1.165) is 19.5 Å². The van der Waals surface area contributed by atoms with Crippen LogP contribution in [0.1, 0.15) is 20.3 Å². The lowest BCUT2D eigenvalue weighted by Crippen LogP contribution is -2.59. The van der Waals surface area contributed by atoms with Crippen LogP contribution in [-0.4, -0.2) is 40.6 Å². The summed E-state index contributed by atoms with van der Waals surface area (Å²) in [6.45, 7) is 6.21. The number of hydrogen-bond donors (Lipinski definition) is 0. The second-order valence-electron chi connectivity index (χ2n) is 3.49. The summed E-state index contributed by atoms with van der Waals surface area (Å²) in [6.07, 6.45) is 7.33. The molecule has 86 valence electrons. The van der Waals surface area contributed by atoms with Crippen LogP contribution >= 0.6 is 0 Å². The minimum atomic E-state index is -2.31.